The SMILES string of the molecule is Cc1cc2nc(N3CCN(Cc4ccc(F)cc4F)CC3)c(Cl)nc2cn1. The number of pyridine rings is 1. The van der Waals surface area contributed by atoms with E-state index in [1.54, 1.807) is 6.20 Å². The molecule has 2 aromatic heterocycles. The number of hydrogen-bond acceptors (Lipinski definition) is 5. The highest BCUT2D eigenvalue weighted by molar-refractivity contribution is 6.32. The van der Waals surface area contributed by atoms with E-state index in [1.807, 2.05) is 13.0 Å². The van der Waals surface area contributed by atoms with E-state index in [0.29, 0.717) is 41.7 Å². The number of nitrogens with zero attached hydrogens (tertiary/aromatic N) is 5. The van der Waals surface area contributed by atoms with Crippen molar-refractivity contribution in [3.05, 3.63) is 58.5 Å². The van der Waals surface area contributed by atoms with Gasteiger partial charge in [0, 0.05) is 50.0 Å². The van der Waals surface area contributed by atoms with Crippen LogP contribution in [0.2, 0.25) is 5.15 Å². The maximum Gasteiger partial charge on any atom is 0.172 e. The lowest BCUT2D eigenvalue weighted by Crippen LogP contribution is -2.46. The lowest BCUT2D eigenvalue weighted by Gasteiger charge is -2.35. The first-order valence-corrected chi connectivity index (χ1v) is 9.08. The molecule has 0 amide bonds. The van der Waals surface area contributed by atoms with Crippen LogP contribution in [0.15, 0.2) is 30.5 Å². The summed E-state index contributed by atoms with van der Waals surface area (Å²) in [4.78, 5) is 17.5. The average Bonchev–Trinajstić information content (AvgIpc) is 2.64. The van der Waals surface area contributed by atoms with Gasteiger partial charge in [0.05, 0.1) is 11.7 Å². The minimum absolute atomic E-state index is 0.353. The van der Waals surface area contributed by atoms with Crippen molar-refractivity contribution in [3.8, 4) is 0 Å². The third-order valence-electron chi connectivity index (χ3n) is 4.71. The van der Waals surface area contributed by atoms with Crippen molar-refractivity contribution in [1.82, 2.24) is 19.9 Å². The quantitative estimate of drug-likeness (QED) is 0.685. The summed E-state index contributed by atoms with van der Waals surface area (Å²) in [7, 11) is 0. The van der Waals surface area contributed by atoms with Crippen LogP contribution in [0, 0.1) is 18.6 Å². The first-order chi connectivity index (χ1) is 13.0. The van der Waals surface area contributed by atoms with E-state index >= 15 is 0 Å². The van der Waals surface area contributed by atoms with Gasteiger partial charge in [-0.1, -0.05) is 17.7 Å². The topological polar surface area (TPSA) is 45.2 Å². The van der Waals surface area contributed by atoms with Gasteiger partial charge in [-0.25, -0.2) is 18.7 Å². The molecule has 0 atom stereocenters. The fourth-order valence-corrected chi connectivity index (χ4v) is 3.49. The molecule has 4 rings (SSSR count). The Hall–Kier alpha value is -2.38. The maximum absolute atomic E-state index is 13.9. The van der Waals surface area contributed by atoms with Crippen LogP contribution in [0.3, 0.4) is 0 Å². The van der Waals surface area contributed by atoms with Crippen molar-refractivity contribution in [1.29, 1.82) is 0 Å². The van der Waals surface area contributed by atoms with E-state index in [0.717, 1.165) is 30.4 Å². The number of hydrogen-bond donors (Lipinski definition) is 0. The van der Waals surface area contributed by atoms with Gasteiger partial charge in [0.15, 0.2) is 11.0 Å². The lowest BCUT2D eigenvalue weighted by molar-refractivity contribution is 0.246. The number of halogens is 3. The summed E-state index contributed by atoms with van der Waals surface area (Å²) in [5.74, 6) is -0.414. The predicted octanol–water partition coefficient (Wildman–Crippen LogP) is 3.59. The molecular formula is C19H18ClF2N5. The number of aryl methyl sites for hydroxylation is 1. The molecule has 0 saturated carbocycles. The second-order valence-electron chi connectivity index (χ2n) is 6.65. The summed E-state index contributed by atoms with van der Waals surface area (Å²) < 4.78 is 26.9. The smallest absolute Gasteiger partial charge is 0.172 e. The van der Waals surface area contributed by atoms with E-state index in [4.69, 9.17) is 11.6 Å². The Bertz CT molecular complexity index is 989. The zero-order chi connectivity index (χ0) is 19.0. The molecule has 140 valence electrons. The van der Waals surface area contributed by atoms with Crippen LogP contribution in [0.25, 0.3) is 11.0 Å². The standard InChI is InChI=1S/C19H18ClF2N5/c1-12-8-16-17(10-23-12)24-18(20)19(25-16)27-6-4-26(5-7-27)11-13-2-3-14(21)9-15(13)22/h2-3,8-10H,4-7,11H2,1H3. The number of piperazine rings is 1. The molecular weight excluding hydrogens is 372 g/mol. The van der Waals surface area contributed by atoms with Crippen LogP contribution in [0.5, 0.6) is 0 Å². The largest absolute Gasteiger partial charge is 0.351 e. The Morgan fingerprint density at radius 3 is 2.56 bits per heavy atom. The van der Waals surface area contributed by atoms with Gasteiger partial charge in [-0.3, -0.25) is 9.88 Å². The average molecular weight is 390 g/mol. The van der Waals surface area contributed by atoms with E-state index < -0.39 is 11.6 Å². The number of aromatic nitrogens is 3. The zero-order valence-corrected chi connectivity index (χ0v) is 15.5. The number of benzene rings is 1. The second-order valence-corrected chi connectivity index (χ2v) is 7.01. The van der Waals surface area contributed by atoms with E-state index in [9.17, 15) is 8.78 Å². The molecule has 1 aromatic carbocycles. The molecule has 0 spiro atoms. The van der Waals surface area contributed by atoms with Crippen molar-refractivity contribution in [2.24, 2.45) is 0 Å². The molecule has 1 saturated heterocycles. The van der Waals surface area contributed by atoms with Crippen molar-refractivity contribution in [2.45, 2.75) is 13.5 Å². The summed E-state index contributed by atoms with van der Waals surface area (Å²) in [5, 5.41) is 0.353. The fourth-order valence-electron chi connectivity index (χ4n) is 3.24. The zero-order valence-electron chi connectivity index (χ0n) is 14.8. The van der Waals surface area contributed by atoms with Crippen LogP contribution in [-0.2, 0) is 6.54 Å². The molecule has 3 heterocycles. The number of anilines is 1. The number of fused-ring (bicyclic) bond motifs is 1. The summed E-state index contributed by atoms with van der Waals surface area (Å²) in [6.07, 6.45) is 1.67. The monoisotopic (exact) mass is 389 g/mol. The molecule has 8 heteroatoms. The highest BCUT2D eigenvalue weighted by atomic mass is 35.5. The van der Waals surface area contributed by atoms with E-state index in [1.165, 1.54) is 12.1 Å². The lowest BCUT2D eigenvalue weighted by atomic mass is 10.2. The van der Waals surface area contributed by atoms with Crippen LogP contribution < -0.4 is 4.90 Å². The molecule has 0 aliphatic carbocycles. The Labute approximate surface area is 160 Å². The van der Waals surface area contributed by atoms with Gasteiger partial charge in [-0.15, -0.1) is 0 Å². The van der Waals surface area contributed by atoms with Crippen LogP contribution in [0.4, 0.5) is 14.6 Å². The third-order valence-corrected chi connectivity index (χ3v) is 4.96. The predicted molar refractivity (Wildman–Crippen MR) is 101 cm³/mol. The molecule has 0 unspecified atom stereocenters. The van der Waals surface area contributed by atoms with Crippen molar-refractivity contribution < 1.29 is 8.78 Å². The molecule has 3 aromatic rings. The Kier molecular flexibility index (Phi) is 4.88. The Morgan fingerprint density at radius 1 is 1.04 bits per heavy atom. The van der Waals surface area contributed by atoms with Crippen molar-refractivity contribution >= 4 is 28.5 Å². The minimum Gasteiger partial charge on any atom is -0.351 e. The summed E-state index contributed by atoms with van der Waals surface area (Å²) in [5.41, 5.74) is 2.80. The molecule has 5 nitrogen and oxygen atoms in total. The Morgan fingerprint density at radius 2 is 1.81 bits per heavy atom. The first-order valence-electron chi connectivity index (χ1n) is 8.71. The van der Waals surface area contributed by atoms with Crippen LogP contribution >= 0.6 is 11.6 Å². The van der Waals surface area contributed by atoms with Gasteiger partial charge in [0.2, 0.25) is 0 Å². The maximum atomic E-state index is 13.9. The molecule has 1 fully saturated rings. The van der Waals surface area contributed by atoms with E-state index in [-0.39, 0.29) is 0 Å². The van der Waals surface area contributed by atoms with Gasteiger partial charge in [0.25, 0.3) is 0 Å². The van der Waals surface area contributed by atoms with Gasteiger partial charge in [-0.05, 0) is 19.1 Å². The minimum atomic E-state index is -0.559. The highest BCUT2D eigenvalue weighted by Crippen LogP contribution is 2.26. The van der Waals surface area contributed by atoms with Gasteiger partial charge < -0.3 is 4.90 Å². The molecule has 0 bridgehead atoms. The fraction of sp³-hybridized carbons (Fsp3) is 0.316. The molecule has 1 aliphatic heterocycles. The Balaban J connectivity index is 1.47. The molecule has 1 aliphatic rings. The number of rotatable bonds is 3. The highest BCUT2D eigenvalue weighted by Gasteiger charge is 2.22. The van der Waals surface area contributed by atoms with Crippen LogP contribution in [-0.4, -0.2) is 46.0 Å². The van der Waals surface area contributed by atoms with E-state index in [2.05, 4.69) is 24.8 Å². The summed E-state index contributed by atoms with van der Waals surface area (Å²) in [6.45, 7) is 5.20. The van der Waals surface area contributed by atoms with Crippen molar-refractivity contribution in [3.63, 3.8) is 0 Å². The first kappa shape index (κ1) is 18.0. The summed E-state index contributed by atoms with van der Waals surface area (Å²) >= 11 is 6.34. The third kappa shape index (κ3) is 3.84. The van der Waals surface area contributed by atoms with Crippen LogP contribution in [0.1, 0.15) is 11.3 Å². The summed E-state index contributed by atoms with van der Waals surface area (Å²) in [6, 6.07) is 5.59. The molecule has 0 radical (unpaired) electrons. The molecule has 27 heavy (non-hydrogen) atoms. The normalized spacial score (nSPS) is 15.5. The van der Waals surface area contributed by atoms with Gasteiger partial charge >= 0.3 is 0 Å². The van der Waals surface area contributed by atoms with Gasteiger partial charge in [0.1, 0.15) is 17.2 Å². The molecule has 0 N–H and O–H groups in total. The second kappa shape index (κ2) is 7.32. The van der Waals surface area contributed by atoms with Crippen molar-refractivity contribution in [2.75, 3.05) is 31.1 Å². The van der Waals surface area contributed by atoms with Gasteiger partial charge in [-0.2, -0.15) is 0 Å².